The molecule has 5 nitrogen and oxygen atoms in total. The van der Waals surface area contributed by atoms with Crippen LogP contribution in [0.5, 0.6) is 0 Å². The molecule has 2 atom stereocenters. The summed E-state index contributed by atoms with van der Waals surface area (Å²) in [5.74, 6) is 1.64. The van der Waals surface area contributed by atoms with Gasteiger partial charge in [-0.1, -0.05) is 0 Å². The molecule has 6 heteroatoms. The lowest BCUT2D eigenvalue weighted by atomic mass is 10.1. The smallest absolute Gasteiger partial charge is 0.223 e. The third-order valence-corrected chi connectivity index (χ3v) is 4.55. The third kappa shape index (κ3) is 2.64. The maximum atomic E-state index is 9.54. The monoisotopic (exact) mass is 278 g/mol. The molecule has 2 aromatic rings. The molecule has 1 aliphatic carbocycles. The number of aliphatic hydroxyl groups is 1. The van der Waals surface area contributed by atoms with Gasteiger partial charge in [0, 0.05) is 11.4 Å². The zero-order valence-electron chi connectivity index (χ0n) is 10.9. The molecule has 102 valence electrons. The molecule has 19 heavy (non-hydrogen) atoms. The number of hydrogen-bond donors (Lipinski definition) is 3. The minimum absolute atomic E-state index is 0.134. The van der Waals surface area contributed by atoms with E-state index in [-0.39, 0.29) is 6.10 Å². The largest absolute Gasteiger partial charge is 0.393 e. The van der Waals surface area contributed by atoms with Crippen molar-refractivity contribution in [3.63, 3.8) is 0 Å². The summed E-state index contributed by atoms with van der Waals surface area (Å²) in [4.78, 5) is 10.7. The van der Waals surface area contributed by atoms with Crippen molar-refractivity contribution in [2.75, 3.05) is 17.6 Å². The molecule has 1 fully saturated rings. The van der Waals surface area contributed by atoms with Gasteiger partial charge in [0.2, 0.25) is 5.95 Å². The van der Waals surface area contributed by atoms with Crippen LogP contribution >= 0.6 is 11.3 Å². The highest BCUT2D eigenvalue weighted by atomic mass is 32.1. The van der Waals surface area contributed by atoms with E-state index < -0.39 is 0 Å². The molecule has 4 N–H and O–H groups in total. The molecular formula is C13H18N4OS. The SMILES string of the molecule is Cc1cc2c(NCC3CCC(O)C3)nc(N)nc2s1. The van der Waals surface area contributed by atoms with Gasteiger partial charge in [-0.15, -0.1) is 11.3 Å². The molecular weight excluding hydrogens is 260 g/mol. The van der Waals surface area contributed by atoms with E-state index in [1.165, 1.54) is 4.88 Å². The second-order valence-electron chi connectivity index (χ2n) is 5.22. The number of anilines is 2. The number of nitrogens with zero attached hydrogens (tertiary/aromatic N) is 2. The van der Waals surface area contributed by atoms with Gasteiger partial charge in [-0.25, -0.2) is 4.98 Å². The van der Waals surface area contributed by atoms with Crippen LogP contribution in [0.1, 0.15) is 24.1 Å². The molecule has 1 aliphatic rings. The first kappa shape index (κ1) is 12.6. The molecule has 0 bridgehead atoms. The molecule has 2 heterocycles. The average Bonchev–Trinajstić information content (AvgIpc) is 2.91. The molecule has 0 radical (unpaired) electrons. The van der Waals surface area contributed by atoms with Crippen LogP contribution in [0.25, 0.3) is 10.2 Å². The van der Waals surface area contributed by atoms with Crippen molar-refractivity contribution < 1.29 is 5.11 Å². The topological polar surface area (TPSA) is 84.1 Å². The Morgan fingerprint density at radius 1 is 1.47 bits per heavy atom. The fraction of sp³-hybridized carbons (Fsp3) is 0.538. The summed E-state index contributed by atoms with van der Waals surface area (Å²) in [6, 6.07) is 2.09. The minimum atomic E-state index is -0.134. The number of hydrogen-bond acceptors (Lipinski definition) is 6. The lowest BCUT2D eigenvalue weighted by Crippen LogP contribution is -2.14. The normalized spacial score (nSPS) is 23.1. The van der Waals surface area contributed by atoms with Crippen LogP contribution in [-0.2, 0) is 0 Å². The van der Waals surface area contributed by atoms with Gasteiger partial charge < -0.3 is 16.2 Å². The number of nitrogen functional groups attached to an aromatic ring is 1. The number of nitrogens with one attached hydrogen (secondary N) is 1. The predicted octanol–water partition coefficient (Wildman–Crippen LogP) is 2.15. The van der Waals surface area contributed by atoms with Crippen LogP contribution in [0.3, 0.4) is 0 Å². The Labute approximate surface area is 115 Å². The van der Waals surface area contributed by atoms with Crippen LogP contribution in [0.2, 0.25) is 0 Å². The van der Waals surface area contributed by atoms with Crippen molar-refractivity contribution in [3.8, 4) is 0 Å². The third-order valence-electron chi connectivity index (χ3n) is 3.60. The summed E-state index contributed by atoms with van der Waals surface area (Å²) in [5, 5.41) is 14.0. The van der Waals surface area contributed by atoms with Crippen molar-refractivity contribution >= 4 is 33.3 Å². The lowest BCUT2D eigenvalue weighted by molar-refractivity contribution is 0.178. The second kappa shape index (κ2) is 4.94. The van der Waals surface area contributed by atoms with Crippen molar-refractivity contribution in [3.05, 3.63) is 10.9 Å². The summed E-state index contributed by atoms with van der Waals surface area (Å²) in [7, 11) is 0. The number of rotatable bonds is 3. The molecule has 0 saturated heterocycles. The number of nitrogens with two attached hydrogens (primary N) is 1. The zero-order valence-corrected chi connectivity index (χ0v) is 11.7. The number of aliphatic hydroxyl groups excluding tert-OH is 1. The Kier molecular flexibility index (Phi) is 3.28. The summed E-state index contributed by atoms with van der Waals surface area (Å²) in [6.45, 7) is 2.89. The first-order valence-electron chi connectivity index (χ1n) is 6.57. The van der Waals surface area contributed by atoms with Gasteiger partial charge in [-0.2, -0.15) is 4.98 Å². The zero-order chi connectivity index (χ0) is 13.4. The molecule has 0 aromatic carbocycles. The predicted molar refractivity (Wildman–Crippen MR) is 78.4 cm³/mol. The fourth-order valence-electron chi connectivity index (χ4n) is 2.67. The first-order chi connectivity index (χ1) is 9.11. The number of thiophene rings is 1. The van der Waals surface area contributed by atoms with Crippen molar-refractivity contribution in [1.82, 2.24) is 9.97 Å². The van der Waals surface area contributed by atoms with E-state index in [0.29, 0.717) is 11.9 Å². The van der Waals surface area contributed by atoms with Crippen molar-refractivity contribution in [2.24, 2.45) is 5.92 Å². The van der Waals surface area contributed by atoms with Crippen LogP contribution in [0.15, 0.2) is 6.07 Å². The van der Waals surface area contributed by atoms with Gasteiger partial charge in [0.1, 0.15) is 10.6 Å². The summed E-state index contributed by atoms with van der Waals surface area (Å²) >= 11 is 1.63. The van der Waals surface area contributed by atoms with Crippen molar-refractivity contribution in [1.29, 1.82) is 0 Å². The maximum absolute atomic E-state index is 9.54. The molecule has 2 aromatic heterocycles. The van der Waals surface area contributed by atoms with Crippen LogP contribution in [0.4, 0.5) is 11.8 Å². The van der Waals surface area contributed by atoms with Crippen LogP contribution in [0, 0.1) is 12.8 Å². The van der Waals surface area contributed by atoms with Crippen LogP contribution < -0.4 is 11.1 Å². The van der Waals surface area contributed by atoms with Crippen LogP contribution in [-0.4, -0.2) is 27.7 Å². The lowest BCUT2D eigenvalue weighted by Gasteiger charge is -2.12. The van der Waals surface area contributed by atoms with E-state index >= 15 is 0 Å². The molecule has 0 amide bonds. The quantitative estimate of drug-likeness (QED) is 0.801. The van der Waals surface area contributed by atoms with Gasteiger partial charge >= 0.3 is 0 Å². The second-order valence-corrected chi connectivity index (χ2v) is 6.45. The van der Waals surface area contributed by atoms with E-state index in [1.807, 2.05) is 0 Å². The Balaban J connectivity index is 1.80. The highest BCUT2D eigenvalue weighted by Gasteiger charge is 2.22. The van der Waals surface area contributed by atoms with Gasteiger partial charge in [0.15, 0.2) is 0 Å². The van der Waals surface area contributed by atoms with Crippen molar-refractivity contribution in [2.45, 2.75) is 32.3 Å². The summed E-state index contributed by atoms with van der Waals surface area (Å²) in [6.07, 6.45) is 2.72. The highest BCUT2D eigenvalue weighted by molar-refractivity contribution is 7.18. The summed E-state index contributed by atoms with van der Waals surface area (Å²) in [5.41, 5.74) is 5.74. The van der Waals surface area contributed by atoms with Gasteiger partial charge in [-0.05, 0) is 38.2 Å². The highest BCUT2D eigenvalue weighted by Crippen LogP contribution is 2.30. The van der Waals surface area contributed by atoms with E-state index in [1.54, 1.807) is 11.3 Å². The Morgan fingerprint density at radius 2 is 2.32 bits per heavy atom. The molecule has 0 spiro atoms. The van der Waals surface area contributed by atoms with E-state index in [2.05, 4.69) is 28.3 Å². The average molecular weight is 278 g/mol. The molecule has 2 unspecified atom stereocenters. The Bertz CT molecular complexity index is 598. The molecule has 1 saturated carbocycles. The minimum Gasteiger partial charge on any atom is -0.393 e. The number of aryl methyl sites for hydroxylation is 1. The molecule has 3 rings (SSSR count). The number of fused-ring (bicyclic) bond motifs is 1. The Morgan fingerprint density at radius 3 is 3.05 bits per heavy atom. The first-order valence-corrected chi connectivity index (χ1v) is 7.39. The van der Waals surface area contributed by atoms with E-state index in [0.717, 1.165) is 41.8 Å². The van der Waals surface area contributed by atoms with E-state index in [9.17, 15) is 5.11 Å². The molecule has 0 aliphatic heterocycles. The number of aromatic nitrogens is 2. The standard InChI is InChI=1S/C13H18N4OS/c1-7-4-10-11(16-13(14)17-12(10)19-7)15-6-8-2-3-9(18)5-8/h4,8-9,18H,2-3,5-6H2,1H3,(H3,14,15,16,17). The van der Waals surface area contributed by atoms with Gasteiger partial charge in [0.25, 0.3) is 0 Å². The maximum Gasteiger partial charge on any atom is 0.223 e. The van der Waals surface area contributed by atoms with E-state index in [4.69, 9.17) is 5.73 Å². The Hall–Kier alpha value is -1.40. The fourth-order valence-corrected chi connectivity index (χ4v) is 3.55. The summed E-state index contributed by atoms with van der Waals surface area (Å²) < 4.78 is 0. The van der Waals surface area contributed by atoms with Gasteiger partial charge in [-0.3, -0.25) is 0 Å². The van der Waals surface area contributed by atoms with Gasteiger partial charge in [0.05, 0.1) is 11.5 Å².